The minimum atomic E-state index is -3.59. The summed E-state index contributed by atoms with van der Waals surface area (Å²) in [6, 6.07) is 3.79. The Hall–Kier alpha value is -1.18. The lowest BCUT2D eigenvalue weighted by Gasteiger charge is -2.12. The molecule has 0 aliphatic heterocycles. The van der Waals surface area contributed by atoms with Crippen LogP contribution in [0, 0.1) is 5.82 Å². The van der Waals surface area contributed by atoms with Crippen molar-refractivity contribution in [1.29, 1.82) is 0 Å². The molecule has 0 bridgehead atoms. The number of hydrogen-bond acceptors (Lipinski definition) is 3. The molecule has 7 heteroatoms. The topological polar surface area (TPSA) is 84.2 Å². The van der Waals surface area contributed by atoms with E-state index in [2.05, 4.69) is 9.44 Å². The fraction of sp³-hybridized carbons (Fsp3) is 0.400. The average molecular weight is 259 g/mol. The Morgan fingerprint density at radius 3 is 2.71 bits per heavy atom. The molecule has 0 spiro atoms. The van der Waals surface area contributed by atoms with Gasteiger partial charge < -0.3 is 5.73 Å². The first-order chi connectivity index (χ1) is 8.00. The van der Waals surface area contributed by atoms with Crippen molar-refractivity contribution in [3.63, 3.8) is 0 Å². The maximum atomic E-state index is 12.9. The molecule has 0 aromatic heterocycles. The number of halogens is 1. The molecule has 0 atom stereocenters. The highest BCUT2D eigenvalue weighted by Gasteiger charge is 2.27. The van der Waals surface area contributed by atoms with Crippen LogP contribution in [0.25, 0.3) is 0 Å². The molecule has 1 aromatic rings. The number of anilines is 1. The molecule has 0 amide bonds. The van der Waals surface area contributed by atoms with Crippen molar-refractivity contribution in [3.8, 4) is 0 Å². The summed E-state index contributed by atoms with van der Waals surface area (Å²) in [6.45, 7) is 0.0685. The summed E-state index contributed by atoms with van der Waals surface area (Å²) in [5.74, 6) is -0.441. The van der Waals surface area contributed by atoms with Crippen LogP contribution >= 0.6 is 0 Å². The third-order valence-corrected chi connectivity index (χ3v) is 3.56. The number of nitrogens with one attached hydrogen (secondary N) is 2. The molecular weight excluding hydrogens is 245 g/mol. The molecule has 0 unspecified atom stereocenters. The molecule has 1 aliphatic rings. The minimum Gasteiger partial charge on any atom is -0.326 e. The maximum absolute atomic E-state index is 12.9. The van der Waals surface area contributed by atoms with Crippen molar-refractivity contribution in [2.75, 3.05) is 4.72 Å². The number of hydrogen-bond donors (Lipinski definition) is 3. The lowest BCUT2D eigenvalue weighted by molar-refractivity contribution is 0.586. The van der Waals surface area contributed by atoms with Crippen molar-refractivity contribution in [2.24, 2.45) is 5.73 Å². The average Bonchev–Trinajstić information content (AvgIpc) is 3.03. The summed E-state index contributed by atoms with van der Waals surface area (Å²) in [6.07, 6.45) is 1.71. The summed E-state index contributed by atoms with van der Waals surface area (Å²) in [5, 5.41) is 0. The molecule has 94 valence electrons. The molecule has 2 rings (SSSR count). The third kappa shape index (κ3) is 3.39. The van der Waals surface area contributed by atoms with Gasteiger partial charge in [0.15, 0.2) is 0 Å². The predicted octanol–water partition coefficient (Wildman–Crippen LogP) is 0.693. The number of nitrogens with two attached hydrogens (primary N) is 1. The van der Waals surface area contributed by atoms with Gasteiger partial charge in [-0.1, -0.05) is 0 Å². The summed E-state index contributed by atoms with van der Waals surface area (Å²) >= 11 is 0. The van der Waals surface area contributed by atoms with E-state index in [0.717, 1.165) is 12.8 Å². The highest BCUT2D eigenvalue weighted by molar-refractivity contribution is 7.90. The van der Waals surface area contributed by atoms with Crippen LogP contribution in [0.5, 0.6) is 0 Å². The quantitative estimate of drug-likeness (QED) is 0.727. The van der Waals surface area contributed by atoms with E-state index in [-0.39, 0.29) is 12.6 Å². The molecule has 1 aromatic carbocycles. The third-order valence-electron chi connectivity index (χ3n) is 2.43. The largest absolute Gasteiger partial charge is 0.326 e. The molecule has 0 saturated heterocycles. The van der Waals surface area contributed by atoms with Crippen LogP contribution in [-0.2, 0) is 16.8 Å². The molecule has 1 aliphatic carbocycles. The van der Waals surface area contributed by atoms with E-state index in [4.69, 9.17) is 5.73 Å². The van der Waals surface area contributed by atoms with Crippen LogP contribution in [0.2, 0.25) is 0 Å². The van der Waals surface area contributed by atoms with Gasteiger partial charge in [-0.25, -0.2) is 4.39 Å². The Kier molecular flexibility index (Phi) is 3.32. The first kappa shape index (κ1) is 12.3. The zero-order valence-electron chi connectivity index (χ0n) is 9.11. The van der Waals surface area contributed by atoms with Crippen LogP contribution in [0.3, 0.4) is 0 Å². The van der Waals surface area contributed by atoms with Crippen LogP contribution in [0.1, 0.15) is 18.4 Å². The number of benzene rings is 1. The smallest absolute Gasteiger partial charge is 0.299 e. The monoisotopic (exact) mass is 259 g/mol. The van der Waals surface area contributed by atoms with Crippen LogP contribution < -0.4 is 15.2 Å². The van der Waals surface area contributed by atoms with Crippen molar-refractivity contribution in [3.05, 3.63) is 29.6 Å². The SMILES string of the molecule is NCc1cc(F)ccc1NS(=O)(=O)NC1CC1. The molecule has 4 N–H and O–H groups in total. The lowest BCUT2D eigenvalue weighted by Crippen LogP contribution is -2.32. The molecular formula is C10H14FN3O2S. The Bertz CT molecular complexity index is 514. The van der Waals surface area contributed by atoms with E-state index in [1.165, 1.54) is 18.2 Å². The van der Waals surface area contributed by atoms with E-state index < -0.39 is 16.0 Å². The zero-order chi connectivity index (χ0) is 12.5. The normalized spacial score (nSPS) is 15.9. The van der Waals surface area contributed by atoms with Gasteiger partial charge in [-0.3, -0.25) is 4.72 Å². The van der Waals surface area contributed by atoms with E-state index in [1.807, 2.05) is 0 Å². The molecule has 5 nitrogen and oxygen atoms in total. The van der Waals surface area contributed by atoms with Gasteiger partial charge in [0, 0.05) is 12.6 Å². The lowest BCUT2D eigenvalue weighted by atomic mass is 10.2. The molecule has 0 heterocycles. The zero-order valence-corrected chi connectivity index (χ0v) is 9.93. The first-order valence-electron chi connectivity index (χ1n) is 5.29. The Labute approximate surface area is 99.4 Å². The molecule has 1 fully saturated rings. The van der Waals surface area contributed by atoms with E-state index in [0.29, 0.717) is 11.3 Å². The van der Waals surface area contributed by atoms with Gasteiger partial charge in [0.25, 0.3) is 10.2 Å². The first-order valence-corrected chi connectivity index (χ1v) is 6.77. The van der Waals surface area contributed by atoms with Crippen molar-refractivity contribution < 1.29 is 12.8 Å². The van der Waals surface area contributed by atoms with Gasteiger partial charge in [-0.05, 0) is 36.6 Å². The van der Waals surface area contributed by atoms with E-state index in [9.17, 15) is 12.8 Å². The van der Waals surface area contributed by atoms with Gasteiger partial charge >= 0.3 is 0 Å². The summed E-state index contributed by atoms with van der Waals surface area (Å²) in [4.78, 5) is 0. The van der Waals surface area contributed by atoms with E-state index in [1.54, 1.807) is 0 Å². The number of rotatable bonds is 5. The highest BCUT2D eigenvalue weighted by atomic mass is 32.2. The van der Waals surface area contributed by atoms with Gasteiger partial charge in [-0.2, -0.15) is 13.1 Å². The summed E-state index contributed by atoms with van der Waals surface area (Å²) in [5.41, 5.74) is 6.16. The Morgan fingerprint density at radius 1 is 1.41 bits per heavy atom. The second-order valence-corrected chi connectivity index (χ2v) is 5.45. The van der Waals surface area contributed by atoms with Gasteiger partial charge in [-0.15, -0.1) is 0 Å². The van der Waals surface area contributed by atoms with Crippen LogP contribution in [0.15, 0.2) is 18.2 Å². The summed E-state index contributed by atoms with van der Waals surface area (Å²) < 4.78 is 41.1. The van der Waals surface area contributed by atoms with Crippen LogP contribution in [-0.4, -0.2) is 14.5 Å². The van der Waals surface area contributed by atoms with Gasteiger partial charge in [0.05, 0.1) is 5.69 Å². The van der Waals surface area contributed by atoms with E-state index >= 15 is 0 Å². The Balaban J connectivity index is 2.16. The van der Waals surface area contributed by atoms with Crippen LogP contribution in [0.4, 0.5) is 10.1 Å². The fourth-order valence-electron chi connectivity index (χ4n) is 1.43. The minimum absolute atomic E-state index is 0.0225. The highest BCUT2D eigenvalue weighted by Crippen LogP contribution is 2.22. The molecule has 0 radical (unpaired) electrons. The maximum Gasteiger partial charge on any atom is 0.299 e. The summed E-state index contributed by atoms with van der Waals surface area (Å²) in [7, 11) is -3.59. The Morgan fingerprint density at radius 2 is 2.12 bits per heavy atom. The predicted molar refractivity (Wildman–Crippen MR) is 63.0 cm³/mol. The van der Waals surface area contributed by atoms with Crippen molar-refractivity contribution >= 4 is 15.9 Å². The second kappa shape index (κ2) is 4.59. The standard InChI is InChI=1S/C10H14FN3O2S/c11-8-1-4-10(7(5-8)6-12)14-17(15,16)13-9-2-3-9/h1,4-5,9,13-14H,2-3,6,12H2. The molecule has 17 heavy (non-hydrogen) atoms. The fourth-order valence-corrected chi connectivity index (χ4v) is 2.65. The van der Waals surface area contributed by atoms with Crippen molar-refractivity contribution in [2.45, 2.75) is 25.4 Å². The van der Waals surface area contributed by atoms with Crippen molar-refractivity contribution in [1.82, 2.24) is 4.72 Å². The van der Waals surface area contributed by atoms with Gasteiger partial charge in [0.2, 0.25) is 0 Å². The molecule has 1 saturated carbocycles. The van der Waals surface area contributed by atoms with Gasteiger partial charge in [0.1, 0.15) is 5.82 Å². The second-order valence-electron chi connectivity index (χ2n) is 4.00.